The number of rotatable bonds is 6. The van der Waals surface area contributed by atoms with E-state index in [-0.39, 0.29) is 36.5 Å². The first-order chi connectivity index (χ1) is 11.1. The summed E-state index contributed by atoms with van der Waals surface area (Å²) in [5.74, 6) is -0.112. The summed E-state index contributed by atoms with van der Waals surface area (Å²) in [5, 5.41) is 15.4. The van der Waals surface area contributed by atoms with Crippen LogP contribution in [0.3, 0.4) is 0 Å². The monoisotopic (exact) mass is 319 g/mol. The molecule has 3 amide bonds. The minimum absolute atomic E-state index is 0.0143. The molecule has 0 aromatic heterocycles. The average Bonchev–Trinajstić information content (AvgIpc) is 2.53. The van der Waals surface area contributed by atoms with E-state index in [4.69, 9.17) is 0 Å². The number of nitrogens with one attached hydrogen (secondary N) is 2. The van der Waals surface area contributed by atoms with Crippen LogP contribution in [0.4, 0.5) is 4.79 Å². The fourth-order valence-electron chi connectivity index (χ4n) is 3.17. The van der Waals surface area contributed by atoms with Gasteiger partial charge >= 0.3 is 6.03 Å². The van der Waals surface area contributed by atoms with Crippen LogP contribution in [-0.2, 0) is 4.79 Å². The SMILES string of the molecule is CCCNC(=O)N1[C@H](CO)[C@H](c2ccccc2)[C@@H]1CNC(C)=O. The third kappa shape index (κ3) is 3.82. The van der Waals surface area contributed by atoms with Crippen molar-refractivity contribution in [3.8, 4) is 0 Å². The van der Waals surface area contributed by atoms with Crippen LogP contribution in [0.2, 0.25) is 0 Å². The van der Waals surface area contributed by atoms with Gasteiger partial charge in [0.05, 0.1) is 18.7 Å². The van der Waals surface area contributed by atoms with E-state index < -0.39 is 0 Å². The van der Waals surface area contributed by atoms with E-state index in [0.29, 0.717) is 13.1 Å². The lowest BCUT2D eigenvalue weighted by Gasteiger charge is -2.54. The van der Waals surface area contributed by atoms with Crippen LogP contribution in [0.25, 0.3) is 0 Å². The minimum Gasteiger partial charge on any atom is -0.394 e. The number of benzene rings is 1. The van der Waals surface area contributed by atoms with E-state index in [9.17, 15) is 14.7 Å². The summed E-state index contributed by atoms with van der Waals surface area (Å²) in [4.78, 5) is 25.3. The molecular weight excluding hydrogens is 294 g/mol. The fourth-order valence-corrected chi connectivity index (χ4v) is 3.17. The van der Waals surface area contributed by atoms with Crippen molar-refractivity contribution in [3.63, 3.8) is 0 Å². The molecule has 1 aliphatic rings. The molecule has 1 aromatic rings. The molecule has 0 unspecified atom stereocenters. The number of aliphatic hydroxyl groups is 1. The van der Waals surface area contributed by atoms with Crippen molar-refractivity contribution >= 4 is 11.9 Å². The highest BCUT2D eigenvalue weighted by molar-refractivity contribution is 5.77. The summed E-state index contributed by atoms with van der Waals surface area (Å²) in [6, 6.07) is 9.20. The van der Waals surface area contributed by atoms with Gasteiger partial charge in [0.15, 0.2) is 0 Å². The first-order valence-electron chi connectivity index (χ1n) is 8.06. The number of urea groups is 1. The molecule has 0 aliphatic carbocycles. The van der Waals surface area contributed by atoms with E-state index in [0.717, 1.165) is 12.0 Å². The molecule has 3 N–H and O–H groups in total. The smallest absolute Gasteiger partial charge is 0.318 e. The van der Waals surface area contributed by atoms with Crippen LogP contribution in [-0.4, -0.2) is 53.7 Å². The van der Waals surface area contributed by atoms with E-state index in [1.807, 2.05) is 37.3 Å². The van der Waals surface area contributed by atoms with Gasteiger partial charge in [0, 0.05) is 25.9 Å². The first kappa shape index (κ1) is 17.3. The molecule has 1 aromatic carbocycles. The fraction of sp³-hybridized carbons (Fsp3) is 0.529. The van der Waals surface area contributed by atoms with E-state index in [1.54, 1.807) is 4.90 Å². The number of nitrogens with zero attached hydrogens (tertiary/aromatic N) is 1. The second kappa shape index (κ2) is 7.97. The Morgan fingerprint density at radius 3 is 2.43 bits per heavy atom. The molecule has 126 valence electrons. The van der Waals surface area contributed by atoms with Crippen molar-refractivity contribution in [3.05, 3.63) is 35.9 Å². The number of carbonyl (C=O) groups is 2. The molecule has 0 spiro atoms. The van der Waals surface area contributed by atoms with Crippen molar-refractivity contribution in [1.82, 2.24) is 15.5 Å². The number of hydrogen-bond acceptors (Lipinski definition) is 3. The third-order valence-electron chi connectivity index (χ3n) is 4.24. The van der Waals surface area contributed by atoms with Crippen LogP contribution in [0.5, 0.6) is 0 Å². The van der Waals surface area contributed by atoms with Crippen molar-refractivity contribution in [2.45, 2.75) is 38.3 Å². The highest BCUT2D eigenvalue weighted by Crippen LogP contribution is 2.40. The number of amides is 3. The number of likely N-dealkylation sites (tertiary alicyclic amines) is 1. The van der Waals surface area contributed by atoms with Gasteiger partial charge in [-0.05, 0) is 12.0 Å². The predicted molar refractivity (Wildman–Crippen MR) is 88.1 cm³/mol. The van der Waals surface area contributed by atoms with Gasteiger partial charge in [0.25, 0.3) is 0 Å². The van der Waals surface area contributed by atoms with Crippen molar-refractivity contribution in [2.24, 2.45) is 0 Å². The van der Waals surface area contributed by atoms with Gasteiger partial charge in [-0.3, -0.25) is 4.79 Å². The van der Waals surface area contributed by atoms with Crippen LogP contribution in [0.15, 0.2) is 30.3 Å². The average molecular weight is 319 g/mol. The Balaban J connectivity index is 2.19. The Bertz CT molecular complexity index is 535. The van der Waals surface area contributed by atoms with Gasteiger partial charge < -0.3 is 20.6 Å². The van der Waals surface area contributed by atoms with Gasteiger partial charge in [-0.25, -0.2) is 4.79 Å². The molecule has 1 heterocycles. The zero-order valence-electron chi connectivity index (χ0n) is 13.7. The van der Waals surface area contributed by atoms with E-state index in [2.05, 4.69) is 10.6 Å². The minimum atomic E-state index is -0.270. The van der Waals surface area contributed by atoms with Crippen molar-refractivity contribution < 1.29 is 14.7 Å². The highest BCUT2D eigenvalue weighted by atomic mass is 16.3. The molecule has 6 nitrogen and oxygen atoms in total. The Kier molecular flexibility index (Phi) is 5.98. The molecule has 23 heavy (non-hydrogen) atoms. The first-order valence-corrected chi connectivity index (χ1v) is 8.06. The summed E-state index contributed by atoms with van der Waals surface area (Å²) in [6.45, 7) is 4.32. The van der Waals surface area contributed by atoms with Gasteiger partial charge in [-0.15, -0.1) is 0 Å². The van der Waals surface area contributed by atoms with E-state index in [1.165, 1.54) is 6.92 Å². The normalized spacial score (nSPS) is 23.1. The zero-order chi connectivity index (χ0) is 16.8. The lowest BCUT2D eigenvalue weighted by atomic mass is 9.75. The number of carbonyl (C=O) groups excluding carboxylic acids is 2. The van der Waals surface area contributed by atoms with Crippen molar-refractivity contribution in [2.75, 3.05) is 19.7 Å². The van der Waals surface area contributed by atoms with Crippen LogP contribution in [0, 0.1) is 0 Å². The molecule has 0 radical (unpaired) electrons. The number of hydrogen-bond donors (Lipinski definition) is 3. The molecule has 1 fully saturated rings. The molecule has 1 aliphatic heterocycles. The Labute approximate surface area is 136 Å². The molecule has 0 saturated carbocycles. The third-order valence-corrected chi connectivity index (χ3v) is 4.24. The van der Waals surface area contributed by atoms with Gasteiger partial charge in [0.2, 0.25) is 5.91 Å². The van der Waals surface area contributed by atoms with E-state index >= 15 is 0 Å². The standard InChI is InChI=1S/C17H25N3O3/c1-3-9-18-17(23)20-14(10-19-12(2)22)16(15(20)11-21)13-7-5-4-6-8-13/h4-8,14-16,21H,3,9-11H2,1-2H3,(H,18,23)(H,19,22)/t14-,15+,16+/m0/s1. The van der Waals surface area contributed by atoms with Gasteiger partial charge in [-0.1, -0.05) is 37.3 Å². The quantitative estimate of drug-likeness (QED) is 0.733. The maximum Gasteiger partial charge on any atom is 0.318 e. The summed E-state index contributed by atoms with van der Waals surface area (Å²) < 4.78 is 0. The Hall–Kier alpha value is -2.08. The molecule has 0 bridgehead atoms. The van der Waals surface area contributed by atoms with Gasteiger partial charge in [-0.2, -0.15) is 0 Å². The maximum absolute atomic E-state index is 12.4. The molecular formula is C17H25N3O3. The molecule has 3 atom stereocenters. The van der Waals surface area contributed by atoms with Crippen LogP contribution < -0.4 is 10.6 Å². The van der Waals surface area contributed by atoms with Crippen molar-refractivity contribution in [1.29, 1.82) is 0 Å². The highest BCUT2D eigenvalue weighted by Gasteiger charge is 2.50. The maximum atomic E-state index is 12.4. The lowest BCUT2D eigenvalue weighted by molar-refractivity contribution is -0.119. The molecule has 1 saturated heterocycles. The molecule has 6 heteroatoms. The summed E-state index contributed by atoms with van der Waals surface area (Å²) >= 11 is 0. The lowest BCUT2D eigenvalue weighted by Crippen LogP contribution is -2.70. The largest absolute Gasteiger partial charge is 0.394 e. The van der Waals surface area contributed by atoms with Gasteiger partial charge in [0.1, 0.15) is 0 Å². The second-order valence-corrected chi connectivity index (χ2v) is 5.83. The summed E-state index contributed by atoms with van der Waals surface area (Å²) in [6.07, 6.45) is 0.849. The van der Waals surface area contributed by atoms with Crippen LogP contribution >= 0.6 is 0 Å². The zero-order valence-corrected chi connectivity index (χ0v) is 13.7. The van der Waals surface area contributed by atoms with Crippen LogP contribution in [0.1, 0.15) is 31.7 Å². The second-order valence-electron chi connectivity index (χ2n) is 5.83. The summed E-state index contributed by atoms with van der Waals surface area (Å²) in [7, 11) is 0. The Morgan fingerprint density at radius 2 is 1.87 bits per heavy atom. The number of aliphatic hydroxyl groups excluding tert-OH is 1. The topological polar surface area (TPSA) is 81.7 Å². The molecule has 2 rings (SSSR count). The summed E-state index contributed by atoms with van der Waals surface area (Å²) in [5.41, 5.74) is 1.07. The Morgan fingerprint density at radius 1 is 1.17 bits per heavy atom. The predicted octanol–water partition coefficient (Wildman–Crippen LogP) is 1.07.